The second kappa shape index (κ2) is 6.87. The molecule has 1 heterocycles. The maximum Gasteiger partial charge on any atom is 0.252 e. The van der Waals surface area contributed by atoms with Crippen molar-refractivity contribution in [1.29, 1.82) is 0 Å². The zero-order valence-corrected chi connectivity index (χ0v) is 15.3. The second-order valence-corrected chi connectivity index (χ2v) is 8.91. The van der Waals surface area contributed by atoms with Gasteiger partial charge in [-0.05, 0) is 54.8 Å². The fourth-order valence-corrected chi connectivity index (χ4v) is 4.44. The molecule has 134 valence electrons. The van der Waals surface area contributed by atoms with E-state index in [1.807, 2.05) is 17.5 Å². The maximum atomic E-state index is 12.8. The summed E-state index contributed by atoms with van der Waals surface area (Å²) in [7, 11) is -3.88. The summed E-state index contributed by atoms with van der Waals surface area (Å²) in [5.74, 6) is -0.179. The number of carbonyl (C=O) groups is 1. The van der Waals surface area contributed by atoms with Crippen LogP contribution in [0.2, 0.25) is 0 Å². The van der Waals surface area contributed by atoms with E-state index >= 15 is 0 Å². The number of hydrogen-bond donors (Lipinski definition) is 3. The lowest BCUT2D eigenvalue weighted by molar-refractivity contribution is 0.0241. The number of primary sulfonamides is 1. The molecule has 1 fully saturated rings. The van der Waals surface area contributed by atoms with Crippen molar-refractivity contribution in [1.82, 2.24) is 5.32 Å². The minimum atomic E-state index is -3.88. The lowest BCUT2D eigenvalue weighted by atomic mass is 9.76. The van der Waals surface area contributed by atoms with Crippen LogP contribution in [0.5, 0.6) is 0 Å². The van der Waals surface area contributed by atoms with Crippen LogP contribution in [0, 0.1) is 12.8 Å². The lowest BCUT2D eigenvalue weighted by Gasteiger charge is -2.37. The van der Waals surface area contributed by atoms with E-state index in [4.69, 9.17) is 5.14 Å². The van der Waals surface area contributed by atoms with Crippen LogP contribution in [0.3, 0.4) is 0 Å². The van der Waals surface area contributed by atoms with Gasteiger partial charge in [0.2, 0.25) is 10.0 Å². The molecule has 1 aliphatic rings. The van der Waals surface area contributed by atoms with Gasteiger partial charge in [-0.15, -0.1) is 11.3 Å². The summed E-state index contributed by atoms with van der Waals surface area (Å²) in [5.41, 5.74) is 0.955. The molecular formula is C17H20N2O4S2. The van der Waals surface area contributed by atoms with E-state index in [2.05, 4.69) is 5.32 Å². The molecule has 4 N–H and O–H groups in total. The van der Waals surface area contributed by atoms with Crippen molar-refractivity contribution in [3.8, 4) is 0 Å². The van der Waals surface area contributed by atoms with Crippen molar-refractivity contribution >= 4 is 27.3 Å². The van der Waals surface area contributed by atoms with Crippen molar-refractivity contribution in [2.24, 2.45) is 11.1 Å². The van der Waals surface area contributed by atoms with Crippen molar-refractivity contribution in [2.45, 2.75) is 36.8 Å². The van der Waals surface area contributed by atoms with Crippen LogP contribution in [-0.4, -0.2) is 25.5 Å². The number of sulfonamides is 1. The van der Waals surface area contributed by atoms with E-state index in [1.54, 1.807) is 24.3 Å². The van der Waals surface area contributed by atoms with Gasteiger partial charge in [0, 0.05) is 10.4 Å². The third kappa shape index (κ3) is 3.92. The summed E-state index contributed by atoms with van der Waals surface area (Å²) in [4.78, 5) is 13.7. The summed E-state index contributed by atoms with van der Waals surface area (Å²) >= 11 is 1.55. The summed E-state index contributed by atoms with van der Waals surface area (Å²) in [6.07, 6.45) is 0.953. The van der Waals surface area contributed by atoms with Crippen molar-refractivity contribution in [3.63, 3.8) is 0 Å². The Kier molecular flexibility index (Phi) is 4.97. The number of amides is 1. The first-order chi connectivity index (χ1) is 11.8. The van der Waals surface area contributed by atoms with Gasteiger partial charge >= 0.3 is 0 Å². The average Bonchev–Trinajstić information content (AvgIpc) is 3.03. The molecule has 1 atom stereocenters. The standard InChI is InChI=1S/C17H20N2O4S2/c1-10-4-5-13(25(18,22)23)9-14(10)17(21)19-16(11-7-12(20)8-11)15-3-2-6-24-15/h2-6,9,11-12,16,20H,7-8H2,1H3,(H,19,21)(H2,18,22,23). The van der Waals surface area contributed by atoms with Crippen molar-refractivity contribution in [2.75, 3.05) is 0 Å². The molecule has 6 nitrogen and oxygen atoms in total. The molecule has 2 aromatic rings. The highest BCUT2D eigenvalue weighted by molar-refractivity contribution is 7.89. The Morgan fingerprint density at radius 1 is 1.36 bits per heavy atom. The molecule has 1 aliphatic carbocycles. The normalized spacial score (nSPS) is 21.4. The van der Waals surface area contributed by atoms with Crippen LogP contribution >= 0.6 is 11.3 Å². The first kappa shape index (κ1) is 18.1. The molecule has 1 unspecified atom stereocenters. The molecule has 1 aromatic carbocycles. The number of carbonyl (C=O) groups excluding carboxylic acids is 1. The first-order valence-electron chi connectivity index (χ1n) is 7.91. The molecule has 8 heteroatoms. The SMILES string of the molecule is Cc1ccc(S(N)(=O)=O)cc1C(=O)NC(c1cccs1)C1CC(O)C1. The first-order valence-corrected chi connectivity index (χ1v) is 10.3. The number of nitrogens with two attached hydrogens (primary N) is 1. The Morgan fingerprint density at radius 2 is 2.08 bits per heavy atom. The Balaban J connectivity index is 1.87. The van der Waals surface area contributed by atoms with Crippen LogP contribution in [0.15, 0.2) is 40.6 Å². The molecule has 3 rings (SSSR count). The van der Waals surface area contributed by atoms with Gasteiger partial charge in [0.05, 0.1) is 17.0 Å². The summed E-state index contributed by atoms with van der Waals surface area (Å²) in [6.45, 7) is 1.75. The molecule has 0 aliphatic heterocycles. The van der Waals surface area contributed by atoms with E-state index in [0.29, 0.717) is 18.4 Å². The Hall–Kier alpha value is -1.74. The number of rotatable bonds is 5. The third-order valence-electron chi connectivity index (χ3n) is 4.54. The summed E-state index contributed by atoms with van der Waals surface area (Å²) in [6, 6.07) is 7.94. The van der Waals surface area contributed by atoms with E-state index in [9.17, 15) is 18.3 Å². The molecule has 1 amide bonds. The maximum absolute atomic E-state index is 12.8. The number of aliphatic hydroxyl groups excluding tert-OH is 1. The summed E-state index contributed by atoms with van der Waals surface area (Å²) < 4.78 is 23.1. The van der Waals surface area contributed by atoms with Gasteiger partial charge in [0.25, 0.3) is 5.91 Å². The minimum absolute atomic E-state index is 0.0880. The van der Waals surface area contributed by atoms with Gasteiger partial charge < -0.3 is 10.4 Å². The van der Waals surface area contributed by atoms with Gasteiger partial charge in [0.15, 0.2) is 0 Å². The van der Waals surface area contributed by atoms with Crippen molar-refractivity contribution < 1.29 is 18.3 Å². The minimum Gasteiger partial charge on any atom is -0.393 e. The lowest BCUT2D eigenvalue weighted by Crippen LogP contribution is -2.41. The summed E-state index contributed by atoms with van der Waals surface area (Å²) in [5, 5.41) is 19.7. The Bertz CT molecular complexity index is 872. The largest absolute Gasteiger partial charge is 0.393 e. The van der Waals surface area contributed by atoms with Crippen LogP contribution in [0.25, 0.3) is 0 Å². The van der Waals surface area contributed by atoms with Crippen LogP contribution in [-0.2, 0) is 10.0 Å². The molecule has 0 bridgehead atoms. The van der Waals surface area contributed by atoms with E-state index in [-0.39, 0.29) is 34.4 Å². The van der Waals surface area contributed by atoms with Crippen molar-refractivity contribution in [3.05, 3.63) is 51.7 Å². The van der Waals surface area contributed by atoms with E-state index < -0.39 is 10.0 Å². The number of nitrogens with one attached hydrogen (secondary N) is 1. The topological polar surface area (TPSA) is 109 Å². The Labute approximate surface area is 150 Å². The van der Waals surface area contributed by atoms with Crippen LogP contribution < -0.4 is 10.5 Å². The van der Waals surface area contributed by atoms with Gasteiger partial charge in [-0.1, -0.05) is 12.1 Å². The molecule has 1 saturated carbocycles. The number of aryl methyl sites for hydroxylation is 1. The molecular weight excluding hydrogens is 360 g/mol. The monoisotopic (exact) mass is 380 g/mol. The highest BCUT2D eigenvalue weighted by Crippen LogP contribution is 2.39. The van der Waals surface area contributed by atoms with Gasteiger partial charge in [-0.25, -0.2) is 13.6 Å². The van der Waals surface area contributed by atoms with Gasteiger partial charge in [0.1, 0.15) is 0 Å². The fourth-order valence-electron chi connectivity index (χ4n) is 3.03. The number of hydrogen-bond acceptors (Lipinski definition) is 5. The molecule has 0 saturated heterocycles. The average molecular weight is 380 g/mol. The van der Waals surface area contributed by atoms with Crippen LogP contribution in [0.4, 0.5) is 0 Å². The zero-order chi connectivity index (χ0) is 18.2. The number of aliphatic hydroxyl groups is 1. The fraction of sp³-hybridized carbons (Fsp3) is 0.353. The second-order valence-electron chi connectivity index (χ2n) is 6.37. The predicted octanol–water partition coefficient (Wildman–Crippen LogP) is 1.95. The third-order valence-corrected chi connectivity index (χ3v) is 6.41. The zero-order valence-electron chi connectivity index (χ0n) is 13.7. The molecule has 0 spiro atoms. The molecule has 1 aromatic heterocycles. The van der Waals surface area contributed by atoms with Gasteiger partial charge in [-0.2, -0.15) is 0 Å². The highest BCUT2D eigenvalue weighted by atomic mass is 32.2. The number of benzene rings is 1. The van der Waals surface area contributed by atoms with Gasteiger partial charge in [-0.3, -0.25) is 4.79 Å². The number of thiophene rings is 1. The predicted molar refractivity (Wildman–Crippen MR) is 95.8 cm³/mol. The van der Waals surface area contributed by atoms with Crippen LogP contribution in [0.1, 0.15) is 39.7 Å². The van der Waals surface area contributed by atoms with E-state index in [1.165, 1.54) is 12.1 Å². The quantitative estimate of drug-likeness (QED) is 0.736. The highest BCUT2D eigenvalue weighted by Gasteiger charge is 2.36. The smallest absolute Gasteiger partial charge is 0.252 e. The Morgan fingerprint density at radius 3 is 2.64 bits per heavy atom. The molecule has 0 radical (unpaired) electrons. The molecule has 25 heavy (non-hydrogen) atoms. The van der Waals surface area contributed by atoms with E-state index in [0.717, 1.165) is 4.88 Å².